The average Bonchev–Trinajstić information content (AvgIpc) is 3.28. The Morgan fingerprint density at radius 2 is 1.90 bits per heavy atom. The van der Waals surface area contributed by atoms with Gasteiger partial charge < -0.3 is 20.0 Å². The van der Waals surface area contributed by atoms with E-state index in [1.807, 2.05) is 18.2 Å². The summed E-state index contributed by atoms with van der Waals surface area (Å²) in [7, 11) is 0. The molecule has 8 nitrogen and oxygen atoms in total. The molecule has 158 valence electrons. The molecule has 0 radical (unpaired) electrons. The van der Waals surface area contributed by atoms with Crippen molar-refractivity contribution < 1.29 is 14.0 Å². The van der Waals surface area contributed by atoms with Crippen LogP contribution in [0.5, 0.6) is 0 Å². The van der Waals surface area contributed by atoms with Gasteiger partial charge in [-0.25, -0.2) is 0 Å². The van der Waals surface area contributed by atoms with Gasteiger partial charge in [0, 0.05) is 24.3 Å². The normalized spacial score (nSPS) is 10.4. The number of rotatable bonds is 7. The van der Waals surface area contributed by atoms with Crippen molar-refractivity contribution in [3.63, 3.8) is 0 Å². The zero-order valence-corrected chi connectivity index (χ0v) is 17.2. The van der Waals surface area contributed by atoms with E-state index in [1.54, 1.807) is 38.1 Å². The highest BCUT2D eigenvalue weighted by Crippen LogP contribution is 2.15. The molecule has 0 spiro atoms. The lowest BCUT2D eigenvalue weighted by Gasteiger charge is -2.11. The zero-order chi connectivity index (χ0) is 22.4. The lowest BCUT2D eigenvalue weighted by Crippen LogP contribution is -2.24. The van der Waals surface area contributed by atoms with Crippen molar-refractivity contribution in [2.45, 2.75) is 33.2 Å². The predicted octanol–water partition coefficient (Wildman–Crippen LogP) is 2.96. The molecule has 3 aromatic rings. The Hall–Kier alpha value is -4.12. The number of H-pyrrole nitrogens is 1. The molecule has 3 rings (SSSR count). The third-order valence-electron chi connectivity index (χ3n) is 4.97. The molecule has 0 aliphatic rings. The van der Waals surface area contributed by atoms with Crippen LogP contribution in [-0.4, -0.2) is 16.8 Å². The smallest absolute Gasteiger partial charge is 0.291 e. The van der Waals surface area contributed by atoms with E-state index in [0.29, 0.717) is 29.9 Å². The Kier molecular flexibility index (Phi) is 6.67. The molecule has 0 bridgehead atoms. The largest absolute Gasteiger partial charge is 0.459 e. The molecule has 0 aliphatic heterocycles. The molecule has 31 heavy (non-hydrogen) atoms. The van der Waals surface area contributed by atoms with Crippen LogP contribution in [0.1, 0.15) is 44.9 Å². The molecular weight excluding hydrogens is 396 g/mol. The summed E-state index contributed by atoms with van der Waals surface area (Å²) in [6, 6.07) is 12.3. The van der Waals surface area contributed by atoms with Gasteiger partial charge in [0.15, 0.2) is 5.76 Å². The van der Waals surface area contributed by atoms with E-state index in [-0.39, 0.29) is 29.6 Å². The highest BCUT2D eigenvalue weighted by molar-refractivity contribution is 6.02. The van der Waals surface area contributed by atoms with Crippen LogP contribution in [0, 0.1) is 25.2 Å². The van der Waals surface area contributed by atoms with Crippen molar-refractivity contribution in [3.8, 4) is 6.07 Å². The summed E-state index contributed by atoms with van der Waals surface area (Å²) in [5.41, 5.74) is 3.27. The summed E-state index contributed by atoms with van der Waals surface area (Å²) in [6.45, 7) is 3.83. The maximum absolute atomic E-state index is 12.3. The number of hydrogen-bond acceptors (Lipinski definition) is 5. The van der Waals surface area contributed by atoms with E-state index in [4.69, 9.17) is 9.68 Å². The lowest BCUT2D eigenvalue weighted by molar-refractivity contribution is -0.121. The Morgan fingerprint density at radius 1 is 1.16 bits per heavy atom. The molecule has 0 saturated heterocycles. The molecule has 2 heterocycles. The molecule has 0 saturated carbocycles. The molecule has 1 aromatic carbocycles. The number of hydrogen-bond donors (Lipinski definition) is 3. The molecule has 2 amide bonds. The highest BCUT2D eigenvalue weighted by Gasteiger charge is 2.13. The van der Waals surface area contributed by atoms with E-state index in [9.17, 15) is 14.4 Å². The number of nitrogens with one attached hydrogen (secondary N) is 3. The number of aromatic nitrogens is 1. The molecular formula is C23H22N4O4. The van der Waals surface area contributed by atoms with Gasteiger partial charge in [-0.2, -0.15) is 5.26 Å². The molecule has 0 fully saturated rings. The lowest BCUT2D eigenvalue weighted by atomic mass is 9.99. The SMILES string of the molecule is Cc1[nH]c(=O)c(C#N)c(C)c1CCC(=O)NCc1ccc(NC(=O)c2ccco2)cc1. The van der Waals surface area contributed by atoms with Gasteiger partial charge in [-0.1, -0.05) is 12.1 Å². The van der Waals surface area contributed by atoms with E-state index in [2.05, 4.69) is 15.6 Å². The summed E-state index contributed by atoms with van der Waals surface area (Å²) in [6.07, 6.45) is 2.09. The van der Waals surface area contributed by atoms with Gasteiger partial charge in [0.2, 0.25) is 5.91 Å². The summed E-state index contributed by atoms with van der Waals surface area (Å²) in [5, 5.41) is 14.7. The third-order valence-corrected chi connectivity index (χ3v) is 4.97. The van der Waals surface area contributed by atoms with Crippen molar-refractivity contribution in [1.82, 2.24) is 10.3 Å². The van der Waals surface area contributed by atoms with Gasteiger partial charge in [0.25, 0.3) is 11.5 Å². The van der Waals surface area contributed by atoms with Crippen LogP contribution < -0.4 is 16.2 Å². The summed E-state index contributed by atoms with van der Waals surface area (Å²) < 4.78 is 5.05. The minimum absolute atomic E-state index is 0.0836. The number of carbonyl (C=O) groups is 2. The summed E-state index contributed by atoms with van der Waals surface area (Å²) in [4.78, 5) is 38.7. The van der Waals surface area contributed by atoms with E-state index >= 15 is 0 Å². The fraction of sp³-hybridized carbons (Fsp3) is 0.217. The van der Waals surface area contributed by atoms with Crippen molar-refractivity contribution in [2.24, 2.45) is 0 Å². The molecule has 8 heteroatoms. The van der Waals surface area contributed by atoms with Crippen LogP contribution in [0.4, 0.5) is 5.69 Å². The van der Waals surface area contributed by atoms with E-state index in [0.717, 1.165) is 11.1 Å². The van der Waals surface area contributed by atoms with Gasteiger partial charge in [-0.05, 0) is 61.2 Å². The fourth-order valence-electron chi connectivity index (χ4n) is 3.25. The van der Waals surface area contributed by atoms with Crippen LogP contribution >= 0.6 is 0 Å². The number of carbonyl (C=O) groups excluding carboxylic acids is 2. The quantitative estimate of drug-likeness (QED) is 0.543. The van der Waals surface area contributed by atoms with E-state index < -0.39 is 5.56 Å². The first kappa shape index (κ1) is 21.6. The highest BCUT2D eigenvalue weighted by atomic mass is 16.3. The van der Waals surface area contributed by atoms with Gasteiger partial charge in [0.1, 0.15) is 11.6 Å². The zero-order valence-electron chi connectivity index (χ0n) is 17.2. The molecule has 3 N–H and O–H groups in total. The number of nitriles is 1. The number of aromatic amines is 1. The molecule has 0 unspecified atom stereocenters. The number of benzene rings is 1. The average molecular weight is 418 g/mol. The first-order valence-electron chi connectivity index (χ1n) is 9.72. The molecule has 2 aromatic heterocycles. The topological polar surface area (TPSA) is 128 Å². The Balaban J connectivity index is 1.52. The van der Waals surface area contributed by atoms with Gasteiger partial charge in [-0.3, -0.25) is 14.4 Å². The second-order valence-corrected chi connectivity index (χ2v) is 7.07. The maximum atomic E-state index is 12.3. The van der Waals surface area contributed by atoms with Crippen molar-refractivity contribution >= 4 is 17.5 Å². The van der Waals surface area contributed by atoms with Crippen LogP contribution in [-0.2, 0) is 17.8 Å². The predicted molar refractivity (Wildman–Crippen MR) is 115 cm³/mol. The number of furan rings is 1. The fourth-order valence-corrected chi connectivity index (χ4v) is 3.25. The third kappa shape index (κ3) is 5.28. The second-order valence-electron chi connectivity index (χ2n) is 7.07. The number of pyridine rings is 1. The Morgan fingerprint density at radius 3 is 2.55 bits per heavy atom. The standard InChI is InChI=1S/C23H22N4O4/c1-14-18(15(2)26-22(29)19(14)12-24)9-10-21(28)25-13-16-5-7-17(8-6-16)27-23(30)20-4-3-11-31-20/h3-8,11H,9-10,13H2,1-2H3,(H,25,28)(H,26,29)(H,27,30). The minimum Gasteiger partial charge on any atom is -0.459 e. The van der Waals surface area contributed by atoms with Gasteiger partial charge in [0.05, 0.1) is 6.26 Å². The van der Waals surface area contributed by atoms with Gasteiger partial charge in [-0.15, -0.1) is 0 Å². The van der Waals surface area contributed by atoms with Crippen molar-refractivity contribution in [1.29, 1.82) is 5.26 Å². The first-order valence-corrected chi connectivity index (χ1v) is 9.72. The monoisotopic (exact) mass is 418 g/mol. The van der Waals surface area contributed by atoms with Crippen molar-refractivity contribution in [3.05, 3.63) is 86.7 Å². The number of anilines is 1. The van der Waals surface area contributed by atoms with Crippen LogP contribution in [0.25, 0.3) is 0 Å². The first-order chi connectivity index (χ1) is 14.9. The summed E-state index contributed by atoms with van der Waals surface area (Å²) >= 11 is 0. The van der Waals surface area contributed by atoms with E-state index in [1.165, 1.54) is 6.26 Å². The number of nitrogens with zero attached hydrogens (tertiary/aromatic N) is 1. The van der Waals surface area contributed by atoms with Crippen LogP contribution in [0.2, 0.25) is 0 Å². The van der Waals surface area contributed by atoms with Crippen LogP contribution in [0.15, 0.2) is 51.9 Å². The molecule has 0 atom stereocenters. The number of aryl methyl sites for hydroxylation is 1. The van der Waals surface area contributed by atoms with Crippen molar-refractivity contribution in [2.75, 3.05) is 5.32 Å². The minimum atomic E-state index is -0.408. The van der Waals surface area contributed by atoms with Gasteiger partial charge >= 0.3 is 0 Å². The summed E-state index contributed by atoms with van der Waals surface area (Å²) in [5.74, 6) is -0.247. The Bertz CT molecular complexity index is 1190. The van der Waals surface area contributed by atoms with Crippen LogP contribution in [0.3, 0.4) is 0 Å². The molecule has 0 aliphatic carbocycles. The second kappa shape index (κ2) is 9.59. The Labute approximate surface area is 178 Å². The maximum Gasteiger partial charge on any atom is 0.291 e. The number of amides is 2.